The molecule has 2 aliphatic heterocycles. The van der Waals surface area contributed by atoms with Gasteiger partial charge in [-0.1, -0.05) is 0 Å². The fourth-order valence-electron chi connectivity index (χ4n) is 2.25. The molecule has 3 unspecified atom stereocenters. The van der Waals surface area contributed by atoms with Crippen LogP contribution in [0.4, 0.5) is 4.39 Å². The molecule has 0 aromatic heterocycles. The third-order valence-corrected chi connectivity index (χ3v) is 2.97. The smallest absolute Gasteiger partial charge is 0.330 e. The highest BCUT2D eigenvalue weighted by Gasteiger charge is 2.38. The molecule has 0 spiro atoms. The first kappa shape index (κ1) is 9.65. The summed E-state index contributed by atoms with van der Waals surface area (Å²) in [5.41, 5.74) is 0.586. The van der Waals surface area contributed by atoms with Crippen molar-refractivity contribution in [2.45, 2.75) is 37.5 Å². The molecule has 0 radical (unpaired) electrons. The quantitative estimate of drug-likeness (QED) is 0.504. The van der Waals surface area contributed by atoms with Gasteiger partial charge in [-0.2, -0.15) is 0 Å². The van der Waals surface area contributed by atoms with Crippen LogP contribution in [0, 0.1) is 0 Å². The lowest BCUT2D eigenvalue weighted by atomic mass is 9.97. The maximum atomic E-state index is 13.7. The average Bonchev–Trinajstić information content (AvgIpc) is 2.58. The van der Waals surface area contributed by atoms with E-state index < -0.39 is 12.1 Å². The molecular formula is C10H14FNO2. The summed E-state index contributed by atoms with van der Waals surface area (Å²) in [6.45, 7) is 0. The normalized spacial score (nSPS) is 38.7. The first-order valence-corrected chi connectivity index (χ1v) is 4.89. The van der Waals surface area contributed by atoms with Crippen molar-refractivity contribution < 1.29 is 13.9 Å². The molecule has 2 rings (SSSR count). The predicted octanol–water partition coefficient (Wildman–Crippen LogP) is 0.948. The Morgan fingerprint density at radius 3 is 3.14 bits per heavy atom. The van der Waals surface area contributed by atoms with E-state index in [0.717, 1.165) is 12.8 Å². The molecule has 2 fully saturated rings. The van der Waals surface area contributed by atoms with Crippen LogP contribution in [-0.2, 0) is 9.53 Å². The number of esters is 1. The lowest BCUT2D eigenvalue weighted by Crippen LogP contribution is -2.43. The second-order valence-electron chi connectivity index (χ2n) is 3.90. The molecule has 3 nitrogen and oxygen atoms in total. The highest BCUT2D eigenvalue weighted by molar-refractivity contribution is 5.83. The largest absolute Gasteiger partial charge is 0.466 e. The molecule has 14 heavy (non-hydrogen) atoms. The molecule has 2 saturated heterocycles. The third-order valence-electron chi connectivity index (χ3n) is 2.97. The molecule has 0 aromatic rings. The minimum absolute atomic E-state index is 0.0929. The Morgan fingerprint density at radius 1 is 1.64 bits per heavy atom. The van der Waals surface area contributed by atoms with Crippen molar-refractivity contribution in [2.24, 2.45) is 0 Å². The lowest BCUT2D eigenvalue weighted by molar-refractivity contribution is -0.134. The first-order valence-electron chi connectivity index (χ1n) is 4.89. The summed E-state index contributed by atoms with van der Waals surface area (Å²) >= 11 is 0. The topological polar surface area (TPSA) is 38.3 Å². The molecular weight excluding hydrogens is 185 g/mol. The number of carbonyl (C=O) groups is 1. The zero-order chi connectivity index (χ0) is 10.1. The van der Waals surface area contributed by atoms with E-state index in [4.69, 9.17) is 0 Å². The Labute approximate surface area is 82.3 Å². The summed E-state index contributed by atoms with van der Waals surface area (Å²) in [6, 6.07) is 0.257. The molecule has 3 atom stereocenters. The Balaban J connectivity index is 2.12. The van der Waals surface area contributed by atoms with Crippen molar-refractivity contribution in [3.05, 3.63) is 11.6 Å². The molecule has 0 saturated carbocycles. The van der Waals surface area contributed by atoms with Gasteiger partial charge in [0, 0.05) is 18.2 Å². The van der Waals surface area contributed by atoms with E-state index in [9.17, 15) is 9.18 Å². The summed E-state index contributed by atoms with van der Waals surface area (Å²) in [5.74, 6) is -0.455. The average molecular weight is 199 g/mol. The van der Waals surface area contributed by atoms with Gasteiger partial charge in [0.25, 0.3) is 0 Å². The second-order valence-corrected chi connectivity index (χ2v) is 3.90. The minimum Gasteiger partial charge on any atom is -0.466 e. The Kier molecular flexibility index (Phi) is 2.54. The summed E-state index contributed by atoms with van der Waals surface area (Å²) < 4.78 is 18.2. The molecule has 0 amide bonds. The molecule has 2 bridgehead atoms. The van der Waals surface area contributed by atoms with Gasteiger partial charge in [0.05, 0.1) is 7.11 Å². The number of piperidine rings is 1. The summed E-state index contributed by atoms with van der Waals surface area (Å²) in [6.07, 6.45) is 2.78. The molecule has 1 N–H and O–H groups in total. The summed E-state index contributed by atoms with van der Waals surface area (Å²) in [7, 11) is 1.31. The number of alkyl halides is 1. The Morgan fingerprint density at radius 2 is 2.43 bits per heavy atom. The summed E-state index contributed by atoms with van der Waals surface area (Å²) in [4.78, 5) is 11.0. The second kappa shape index (κ2) is 3.69. The van der Waals surface area contributed by atoms with Crippen molar-refractivity contribution in [3.63, 3.8) is 0 Å². The number of nitrogens with one attached hydrogen (secondary N) is 1. The number of hydrogen-bond donors (Lipinski definition) is 1. The number of methoxy groups -OCH3 is 1. The van der Waals surface area contributed by atoms with Crippen LogP contribution >= 0.6 is 0 Å². The van der Waals surface area contributed by atoms with Gasteiger partial charge < -0.3 is 10.1 Å². The predicted molar refractivity (Wildman–Crippen MR) is 49.6 cm³/mol. The van der Waals surface area contributed by atoms with Crippen LogP contribution in [0.5, 0.6) is 0 Å². The van der Waals surface area contributed by atoms with Gasteiger partial charge in [0.2, 0.25) is 0 Å². The van der Waals surface area contributed by atoms with Gasteiger partial charge in [-0.3, -0.25) is 0 Å². The molecule has 2 aliphatic rings. The number of ether oxygens (including phenoxy) is 1. The number of hydrogen-bond acceptors (Lipinski definition) is 3. The Hall–Kier alpha value is -0.900. The van der Waals surface area contributed by atoms with E-state index in [1.54, 1.807) is 0 Å². The van der Waals surface area contributed by atoms with E-state index in [0.29, 0.717) is 18.0 Å². The van der Waals surface area contributed by atoms with Crippen molar-refractivity contribution in [2.75, 3.05) is 7.11 Å². The van der Waals surface area contributed by atoms with E-state index in [2.05, 4.69) is 10.1 Å². The standard InChI is InChI=1S/C10H14FNO2/c1-14-9(13)5-6-4-7-2-3-8(12-7)10(6)11/h5,7-8,10,12H,2-4H2,1H3/b6-5-. The van der Waals surface area contributed by atoms with Crippen LogP contribution in [0.3, 0.4) is 0 Å². The van der Waals surface area contributed by atoms with E-state index in [1.165, 1.54) is 13.2 Å². The molecule has 0 aromatic carbocycles. The zero-order valence-corrected chi connectivity index (χ0v) is 8.13. The van der Waals surface area contributed by atoms with Crippen LogP contribution in [0.15, 0.2) is 11.6 Å². The maximum absolute atomic E-state index is 13.7. The SMILES string of the molecule is COC(=O)/C=C1/CC2CCC(N2)C1F. The van der Waals surface area contributed by atoms with Gasteiger partial charge in [-0.05, 0) is 24.8 Å². The van der Waals surface area contributed by atoms with E-state index in [1.807, 2.05) is 0 Å². The first-order chi connectivity index (χ1) is 6.70. The summed E-state index contributed by atoms with van der Waals surface area (Å²) in [5, 5.41) is 3.19. The van der Waals surface area contributed by atoms with Gasteiger partial charge >= 0.3 is 5.97 Å². The monoisotopic (exact) mass is 199 g/mol. The van der Waals surface area contributed by atoms with Crippen LogP contribution < -0.4 is 5.32 Å². The van der Waals surface area contributed by atoms with Crippen LogP contribution in [0.25, 0.3) is 0 Å². The van der Waals surface area contributed by atoms with Crippen LogP contribution in [0.2, 0.25) is 0 Å². The zero-order valence-electron chi connectivity index (χ0n) is 8.13. The number of carbonyl (C=O) groups excluding carboxylic acids is 1. The fraction of sp³-hybridized carbons (Fsp3) is 0.700. The van der Waals surface area contributed by atoms with E-state index >= 15 is 0 Å². The van der Waals surface area contributed by atoms with Gasteiger partial charge in [-0.15, -0.1) is 0 Å². The lowest BCUT2D eigenvalue weighted by Gasteiger charge is -2.27. The van der Waals surface area contributed by atoms with Crippen molar-refractivity contribution in [3.8, 4) is 0 Å². The van der Waals surface area contributed by atoms with Crippen LogP contribution in [0.1, 0.15) is 19.3 Å². The van der Waals surface area contributed by atoms with Crippen molar-refractivity contribution in [1.29, 1.82) is 0 Å². The molecule has 78 valence electrons. The van der Waals surface area contributed by atoms with E-state index in [-0.39, 0.29) is 6.04 Å². The maximum Gasteiger partial charge on any atom is 0.330 e. The van der Waals surface area contributed by atoms with Gasteiger partial charge in [0.1, 0.15) is 6.17 Å². The number of rotatable bonds is 1. The van der Waals surface area contributed by atoms with Crippen molar-refractivity contribution >= 4 is 5.97 Å². The van der Waals surface area contributed by atoms with Gasteiger partial charge in [0.15, 0.2) is 0 Å². The van der Waals surface area contributed by atoms with Crippen molar-refractivity contribution in [1.82, 2.24) is 5.32 Å². The fourth-order valence-corrected chi connectivity index (χ4v) is 2.25. The number of fused-ring (bicyclic) bond motifs is 2. The molecule has 4 heteroatoms. The van der Waals surface area contributed by atoms with Crippen LogP contribution in [-0.4, -0.2) is 31.3 Å². The molecule has 0 aliphatic carbocycles. The highest BCUT2D eigenvalue weighted by atomic mass is 19.1. The highest BCUT2D eigenvalue weighted by Crippen LogP contribution is 2.32. The number of halogens is 1. The molecule has 2 heterocycles. The minimum atomic E-state index is -1.02. The Bertz CT molecular complexity index is 277. The third kappa shape index (κ3) is 1.66. The van der Waals surface area contributed by atoms with Gasteiger partial charge in [-0.25, -0.2) is 9.18 Å².